The number of hydrogen-bond acceptors (Lipinski definition) is 7. The Labute approximate surface area is 298 Å². The van der Waals surface area contributed by atoms with E-state index in [1.807, 2.05) is 38.1 Å². The monoisotopic (exact) mass is 699 g/mol. The smallest absolute Gasteiger partial charge is 0.264 e. The van der Waals surface area contributed by atoms with Crippen molar-refractivity contribution < 1.29 is 17.9 Å². The van der Waals surface area contributed by atoms with Crippen LogP contribution in [0.1, 0.15) is 100 Å². The van der Waals surface area contributed by atoms with Gasteiger partial charge in [-0.15, -0.1) is 0 Å². The Morgan fingerprint density at radius 3 is 2.22 bits per heavy atom. The SMILES string of the molecule is Cc1cccc(C)c1-c1cc2nc(n1)NS(=O)(=O)c1cccc(c1)C(=O)N(C1CC3(CC(N4C[C@@H](C)O[C@@H](C)C4)C3)C1)[C@H](CC(C)(C)C)CC2. The minimum Gasteiger partial charge on any atom is -0.373 e. The van der Waals surface area contributed by atoms with Crippen LogP contribution in [0.2, 0.25) is 0 Å². The van der Waals surface area contributed by atoms with Crippen LogP contribution in [0.25, 0.3) is 11.3 Å². The van der Waals surface area contributed by atoms with Gasteiger partial charge in [-0.3, -0.25) is 9.69 Å². The molecule has 1 N–H and O–H groups in total. The van der Waals surface area contributed by atoms with E-state index in [0.29, 0.717) is 30.1 Å². The number of fused-ring (bicyclic) bond motifs is 4. The highest BCUT2D eigenvalue weighted by molar-refractivity contribution is 7.92. The topological polar surface area (TPSA) is 105 Å². The molecule has 3 atom stereocenters. The zero-order valence-electron chi connectivity index (χ0n) is 30.7. The summed E-state index contributed by atoms with van der Waals surface area (Å²) in [4.78, 5) is 29.0. The number of nitrogens with zero attached hydrogens (tertiary/aromatic N) is 4. The van der Waals surface area contributed by atoms with Crippen LogP contribution in [0.5, 0.6) is 0 Å². The first-order valence-corrected chi connectivity index (χ1v) is 19.9. The number of sulfonamides is 1. The van der Waals surface area contributed by atoms with Crippen molar-refractivity contribution in [1.82, 2.24) is 19.8 Å². The number of aromatic nitrogens is 2. The lowest BCUT2D eigenvalue weighted by Crippen LogP contribution is -2.65. The molecule has 7 rings (SSSR count). The predicted octanol–water partition coefficient (Wildman–Crippen LogP) is 7.17. The van der Waals surface area contributed by atoms with Gasteiger partial charge in [-0.2, -0.15) is 0 Å². The first-order chi connectivity index (χ1) is 23.6. The second kappa shape index (κ2) is 13.0. The number of carbonyl (C=O) groups excluding carboxylic acids is 1. The van der Waals surface area contributed by atoms with Gasteiger partial charge in [0, 0.05) is 48.0 Å². The zero-order valence-corrected chi connectivity index (χ0v) is 31.5. The minimum absolute atomic E-state index is 0.0263. The number of rotatable bonds is 4. The molecule has 2 saturated carbocycles. The Bertz CT molecular complexity index is 1840. The standard InChI is InChI=1S/C40H53N5O4S/c1-25-10-8-11-26(2)36(25)35-17-30-14-15-31(18-39(5,6)7)45(33-21-40(22-33)19-32(20-40)44-23-27(3)49-28(4)24-44)37(46)29-12-9-13-34(16-29)50(47,48)43-38(41-30)42-35/h8-13,16-17,27-28,31-33H,14-15,18-24H2,1-7H3,(H,41,42,43)/t27-,28+,31-,32?,33?,40?/m0/s1. The third-order valence-electron chi connectivity index (χ3n) is 11.4. The van der Waals surface area contributed by atoms with Crippen molar-refractivity contribution in [2.45, 2.75) is 129 Å². The van der Waals surface area contributed by atoms with Crippen LogP contribution < -0.4 is 4.72 Å². The number of amides is 1. The van der Waals surface area contributed by atoms with E-state index in [1.54, 1.807) is 12.1 Å². The molecule has 50 heavy (non-hydrogen) atoms. The molecular weight excluding hydrogens is 647 g/mol. The van der Waals surface area contributed by atoms with Gasteiger partial charge in [-0.05, 0) is 119 Å². The molecule has 3 aromatic rings. The summed E-state index contributed by atoms with van der Waals surface area (Å²) in [6, 6.07) is 15.2. The molecule has 268 valence electrons. The summed E-state index contributed by atoms with van der Waals surface area (Å²) in [5.41, 5.74) is 5.19. The largest absolute Gasteiger partial charge is 0.373 e. The maximum Gasteiger partial charge on any atom is 0.264 e. The van der Waals surface area contributed by atoms with E-state index in [0.717, 1.165) is 54.7 Å². The van der Waals surface area contributed by atoms with E-state index >= 15 is 0 Å². The molecule has 2 aliphatic heterocycles. The van der Waals surface area contributed by atoms with Crippen molar-refractivity contribution in [2.24, 2.45) is 10.8 Å². The second-order valence-electron chi connectivity index (χ2n) is 17.0. The maximum absolute atomic E-state index is 14.7. The number of ether oxygens (including phenoxy) is 1. The third kappa shape index (κ3) is 7.08. The Morgan fingerprint density at radius 1 is 0.920 bits per heavy atom. The summed E-state index contributed by atoms with van der Waals surface area (Å²) in [7, 11) is -4.07. The molecule has 1 saturated heterocycles. The molecule has 4 bridgehead atoms. The fourth-order valence-corrected chi connectivity index (χ4v) is 10.3. The highest BCUT2D eigenvalue weighted by atomic mass is 32.2. The van der Waals surface area contributed by atoms with Crippen molar-refractivity contribution in [1.29, 1.82) is 0 Å². The number of benzene rings is 2. The summed E-state index contributed by atoms with van der Waals surface area (Å²) >= 11 is 0. The fraction of sp³-hybridized carbons (Fsp3) is 0.575. The van der Waals surface area contributed by atoms with Crippen LogP contribution >= 0.6 is 0 Å². The Balaban J connectivity index is 1.23. The molecule has 1 amide bonds. The highest BCUT2D eigenvalue weighted by Gasteiger charge is 2.57. The normalized spacial score (nSPS) is 29.9. The molecule has 9 nitrogen and oxygen atoms in total. The molecule has 0 unspecified atom stereocenters. The second-order valence-corrected chi connectivity index (χ2v) is 18.7. The van der Waals surface area contributed by atoms with Gasteiger partial charge < -0.3 is 9.64 Å². The molecule has 3 fully saturated rings. The van der Waals surface area contributed by atoms with Crippen LogP contribution in [0.3, 0.4) is 0 Å². The minimum atomic E-state index is -4.07. The van der Waals surface area contributed by atoms with Crippen molar-refractivity contribution in [3.63, 3.8) is 0 Å². The molecule has 2 aromatic carbocycles. The van der Waals surface area contributed by atoms with Crippen molar-refractivity contribution in [2.75, 3.05) is 17.8 Å². The summed E-state index contributed by atoms with van der Waals surface area (Å²) < 4.78 is 36.3. The third-order valence-corrected chi connectivity index (χ3v) is 12.7. The Hall–Kier alpha value is -3.34. The Morgan fingerprint density at radius 2 is 1.56 bits per heavy atom. The van der Waals surface area contributed by atoms with Crippen molar-refractivity contribution in [3.05, 3.63) is 70.9 Å². The average Bonchev–Trinajstić information content (AvgIpc) is 2.98. The number of anilines is 1. The number of hydrogen-bond donors (Lipinski definition) is 1. The van der Waals surface area contributed by atoms with Gasteiger partial charge in [0.05, 0.1) is 22.8 Å². The van der Waals surface area contributed by atoms with E-state index in [2.05, 4.69) is 49.1 Å². The number of nitrogens with one attached hydrogen (secondary N) is 1. The quantitative estimate of drug-likeness (QED) is 0.308. The molecule has 3 heterocycles. The van der Waals surface area contributed by atoms with Gasteiger partial charge in [-0.25, -0.2) is 23.1 Å². The molecule has 1 aromatic heterocycles. The molecule has 10 heteroatoms. The van der Waals surface area contributed by atoms with Gasteiger partial charge >= 0.3 is 0 Å². The first kappa shape index (κ1) is 35.1. The number of aryl methyl sites for hydroxylation is 3. The molecule has 4 aliphatic rings. The average molecular weight is 700 g/mol. The molecule has 0 radical (unpaired) electrons. The van der Waals surface area contributed by atoms with Gasteiger partial charge in [0.25, 0.3) is 15.9 Å². The lowest BCUT2D eigenvalue weighted by atomic mass is 9.51. The highest BCUT2D eigenvalue weighted by Crippen LogP contribution is 2.59. The van der Waals surface area contributed by atoms with Gasteiger partial charge in [-0.1, -0.05) is 45.0 Å². The van der Waals surface area contributed by atoms with Gasteiger partial charge in [0.1, 0.15) is 0 Å². The fourth-order valence-electron chi connectivity index (χ4n) is 9.32. The van der Waals surface area contributed by atoms with Crippen molar-refractivity contribution in [3.8, 4) is 11.3 Å². The Kier molecular flexibility index (Phi) is 9.13. The van der Waals surface area contributed by atoms with E-state index in [9.17, 15) is 13.2 Å². The summed E-state index contributed by atoms with van der Waals surface area (Å²) in [5.74, 6) is -0.0407. The van der Waals surface area contributed by atoms with Crippen LogP contribution in [0, 0.1) is 24.7 Å². The van der Waals surface area contributed by atoms with E-state index < -0.39 is 10.0 Å². The van der Waals surface area contributed by atoms with Gasteiger partial charge in [0.2, 0.25) is 5.95 Å². The summed E-state index contributed by atoms with van der Waals surface area (Å²) in [5, 5.41) is 0. The first-order valence-electron chi connectivity index (χ1n) is 18.4. The predicted molar refractivity (Wildman–Crippen MR) is 197 cm³/mol. The van der Waals surface area contributed by atoms with E-state index in [-0.39, 0.29) is 51.9 Å². The molecule has 2 aliphatic carbocycles. The van der Waals surface area contributed by atoms with Crippen LogP contribution in [0.4, 0.5) is 5.95 Å². The van der Waals surface area contributed by atoms with E-state index in [4.69, 9.17) is 14.7 Å². The molecular formula is C40H53N5O4S. The van der Waals surface area contributed by atoms with Crippen LogP contribution in [-0.2, 0) is 21.2 Å². The lowest BCUT2D eigenvalue weighted by Gasteiger charge is -2.63. The number of morpholine rings is 1. The zero-order chi connectivity index (χ0) is 35.6. The lowest BCUT2D eigenvalue weighted by molar-refractivity contribution is -0.143. The van der Waals surface area contributed by atoms with E-state index in [1.165, 1.54) is 25.0 Å². The van der Waals surface area contributed by atoms with Gasteiger partial charge in [0.15, 0.2) is 0 Å². The molecule has 1 spiro atoms. The maximum atomic E-state index is 14.7. The van der Waals surface area contributed by atoms with Crippen LogP contribution in [-0.4, -0.2) is 77.5 Å². The number of carbonyl (C=O) groups is 1. The van der Waals surface area contributed by atoms with Crippen LogP contribution in [0.15, 0.2) is 53.4 Å². The van der Waals surface area contributed by atoms with Crippen molar-refractivity contribution >= 4 is 21.9 Å². The summed E-state index contributed by atoms with van der Waals surface area (Å²) in [6.07, 6.45) is 6.94. The summed E-state index contributed by atoms with van der Waals surface area (Å²) in [6.45, 7) is 17.1.